The lowest BCUT2D eigenvalue weighted by Crippen LogP contribution is -2.39. The molecule has 1 fully saturated rings. The summed E-state index contributed by atoms with van der Waals surface area (Å²) in [5, 5.41) is 13.4. The number of amides is 1. The van der Waals surface area contributed by atoms with Crippen molar-refractivity contribution in [1.82, 2.24) is 24.5 Å². The zero-order valence-electron chi connectivity index (χ0n) is 12.3. The highest BCUT2D eigenvalue weighted by Crippen LogP contribution is 2.18. The summed E-state index contributed by atoms with van der Waals surface area (Å²) in [6.07, 6.45) is 1.65. The second-order valence-corrected chi connectivity index (χ2v) is 5.60. The Labute approximate surface area is 122 Å². The lowest BCUT2D eigenvalue weighted by molar-refractivity contribution is 0.0639. The number of hydrogen-bond acceptors (Lipinski definition) is 5. The number of aliphatic hydroxyl groups is 1. The second kappa shape index (κ2) is 5.40. The minimum atomic E-state index is -0.158. The van der Waals surface area contributed by atoms with Crippen LogP contribution in [0.4, 0.5) is 0 Å². The number of carbonyl (C=O) groups excluding carboxylic acids is 1. The summed E-state index contributed by atoms with van der Waals surface area (Å²) in [4.78, 5) is 22.8. The first-order chi connectivity index (χ1) is 10.1. The van der Waals surface area contributed by atoms with E-state index < -0.39 is 0 Å². The van der Waals surface area contributed by atoms with E-state index in [1.807, 2.05) is 19.9 Å². The molecule has 3 heterocycles. The van der Waals surface area contributed by atoms with E-state index in [-0.39, 0.29) is 18.3 Å². The molecule has 21 heavy (non-hydrogen) atoms. The molecule has 0 aliphatic carbocycles. The Hall–Kier alpha value is -2.02. The van der Waals surface area contributed by atoms with Crippen LogP contribution < -0.4 is 0 Å². The smallest absolute Gasteiger partial charge is 0.293 e. The van der Waals surface area contributed by atoms with Gasteiger partial charge >= 0.3 is 0 Å². The summed E-state index contributed by atoms with van der Waals surface area (Å²) in [7, 11) is 0. The largest absolute Gasteiger partial charge is 0.396 e. The van der Waals surface area contributed by atoms with E-state index in [0.717, 1.165) is 24.2 Å². The molecule has 1 amide bonds. The van der Waals surface area contributed by atoms with Crippen LogP contribution in [0.15, 0.2) is 6.07 Å². The van der Waals surface area contributed by atoms with E-state index in [0.29, 0.717) is 24.8 Å². The fourth-order valence-corrected chi connectivity index (χ4v) is 2.72. The molecule has 2 aromatic rings. The van der Waals surface area contributed by atoms with Crippen molar-refractivity contribution < 1.29 is 9.90 Å². The maximum atomic E-state index is 12.5. The molecule has 7 nitrogen and oxygen atoms in total. The highest BCUT2D eigenvalue weighted by molar-refractivity contribution is 5.90. The van der Waals surface area contributed by atoms with E-state index in [2.05, 4.69) is 15.1 Å². The predicted octanol–water partition coefficient (Wildman–Crippen LogP) is 0.586. The van der Waals surface area contributed by atoms with Crippen molar-refractivity contribution in [1.29, 1.82) is 0 Å². The van der Waals surface area contributed by atoms with Crippen LogP contribution in [0.2, 0.25) is 0 Å². The number of rotatable bonds is 2. The summed E-state index contributed by atoms with van der Waals surface area (Å²) in [6.45, 7) is 5.29. The minimum Gasteiger partial charge on any atom is -0.396 e. The number of aliphatic hydroxyl groups excluding tert-OH is 1. The van der Waals surface area contributed by atoms with Gasteiger partial charge in [0.2, 0.25) is 5.82 Å². The third kappa shape index (κ3) is 2.61. The average Bonchev–Trinajstić information content (AvgIpc) is 2.91. The fourth-order valence-electron chi connectivity index (χ4n) is 2.72. The van der Waals surface area contributed by atoms with Crippen molar-refractivity contribution >= 4 is 11.7 Å². The molecule has 1 aliphatic rings. The third-order valence-corrected chi connectivity index (χ3v) is 3.97. The lowest BCUT2D eigenvalue weighted by atomic mass is 9.98. The van der Waals surface area contributed by atoms with Gasteiger partial charge in [0.05, 0.1) is 0 Å². The molecule has 1 aliphatic heterocycles. The molecular weight excluding hydrogens is 270 g/mol. The van der Waals surface area contributed by atoms with Crippen LogP contribution in [-0.2, 0) is 0 Å². The molecule has 112 valence electrons. The Morgan fingerprint density at radius 1 is 1.33 bits per heavy atom. The predicted molar refractivity (Wildman–Crippen MR) is 76.0 cm³/mol. The van der Waals surface area contributed by atoms with Crippen LogP contribution in [0.25, 0.3) is 5.78 Å². The zero-order chi connectivity index (χ0) is 15.0. The molecule has 0 aromatic carbocycles. The molecule has 0 saturated carbocycles. The van der Waals surface area contributed by atoms with Gasteiger partial charge in [-0.25, -0.2) is 9.50 Å². The van der Waals surface area contributed by atoms with E-state index >= 15 is 0 Å². The number of aromatic nitrogens is 4. The lowest BCUT2D eigenvalue weighted by Gasteiger charge is -2.30. The summed E-state index contributed by atoms with van der Waals surface area (Å²) in [6, 6.07) is 1.91. The van der Waals surface area contributed by atoms with Gasteiger partial charge in [0, 0.05) is 31.1 Å². The molecule has 1 saturated heterocycles. The number of fused-ring (bicyclic) bond motifs is 1. The van der Waals surface area contributed by atoms with Crippen LogP contribution in [0, 0.1) is 19.8 Å². The Kier molecular flexibility index (Phi) is 3.59. The van der Waals surface area contributed by atoms with Crippen molar-refractivity contribution in [3.8, 4) is 0 Å². The van der Waals surface area contributed by atoms with Gasteiger partial charge in [-0.1, -0.05) is 0 Å². The van der Waals surface area contributed by atoms with E-state index in [9.17, 15) is 4.79 Å². The number of nitrogens with zero attached hydrogens (tertiary/aromatic N) is 5. The maximum Gasteiger partial charge on any atom is 0.293 e. The molecule has 3 rings (SSSR count). The Bertz CT molecular complexity index is 673. The fraction of sp³-hybridized carbons (Fsp3) is 0.571. The van der Waals surface area contributed by atoms with E-state index in [4.69, 9.17) is 5.11 Å². The number of carbonyl (C=O) groups is 1. The topological polar surface area (TPSA) is 83.6 Å². The Balaban J connectivity index is 1.84. The van der Waals surface area contributed by atoms with E-state index in [1.165, 1.54) is 0 Å². The third-order valence-electron chi connectivity index (χ3n) is 3.97. The van der Waals surface area contributed by atoms with Gasteiger partial charge in [0.25, 0.3) is 11.7 Å². The average molecular weight is 289 g/mol. The van der Waals surface area contributed by atoms with Gasteiger partial charge in [-0.2, -0.15) is 4.98 Å². The second-order valence-electron chi connectivity index (χ2n) is 5.60. The van der Waals surface area contributed by atoms with Crippen LogP contribution >= 0.6 is 0 Å². The summed E-state index contributed by atoms with van der Waals surface area (Å²) in [5.74, 6) is 0.795. The minimum absolute atomic E-state index is 0.158. The molecule has 0 radical (unpaired) electrons. The maximum absolute atomic E-state index is 12.5. The summed E-state index contributed by atoms with van der Waals surface area (Å²) < 4.78 is 1.60. The molecule has 0 spiro atoms. The molecule has 7 heteroatoms. The molecule has 2 aromatic heterocycles. The van der Waals surface area contributed by atoms with Crippen molar-refractivity contribution in [3.05, 3.63) is 23.3 Å². The highest BCUT2D eigenvalue weighted by atomic mass is 16.3. The Morgan fingerprint density at radius 3 is 2.71 bits per heavy atom. The number of aryl methyl sites for hydroxylation is 2. The van der Waals surface area contributed by atoms with Gasteiger partial charge in [0.1, 0.15) is 0 Å². The van der Waals surface area contributed by atoms with Gasteiger partial charge in [0.15, 0.2) is 0 Å². The molecule has 0 atom stereocenters. The molecular formula is C14H19N5O2. The van der Waals surface area contributed by atoms with Crippen LogP contribution in [0.1, 0.15) is 34.8 Å². The zero-order valence-corrected chi connectivity index (χ0v) is 12.3. The van der Waals surface area contributed by atoms with Crippen LogP contribution in [-0.4, -0.2) is 55.2 Å². The van der Waals surface area contributed by atoms with Crippen molar-refractivity contribution in [2.45, 2.75) is 26.7 Å². The normalized spacial score (nSPS) is 16.6. The van der Waals surface area contributed by atoms with Crippen LogP contribution in [0.5, 0.6) is 0 Å². The van der Waals surface area contributed by atoms with Gasteiger partial charge < -0.3 is 10.0 Å². The first-order valence-electron chi connectivity index (χ1n) is 7.19. The first-order valence-corrected chi connectivity index (χ1v) is 7.19. The highest BCUT2D eigenvalue weighted by Gasteiger charge is 2.26. The van der Waals surface area contributed by atoms with Crippen molar-refractivity contribution in [2.75, 3.05) is 19.7 Å². The molecule has 0 bridgehead atoms. The number of hydrogen-bond donors (Lipinski definition) is 1. The SMILES string of the molecule is Cc1cc(C)n2nc(C(=O)N3CCC(CO)CC3)nc2n1. The standard InChI is InChI=1S/C14H19N5O2/c1-9-7-10(2)19-14(15-9)16-12(17-19)13(21)18-5-3-11(8-20)4-6-18/h7,11,20H,3-6,8H2,1-2H3. The molecule has 1 N–H and O–H groups in total. The summed E-state index contributed by atoms with van der Waals surface area (Å²) in [5.41, 5.74) is 1.76. The van der Waals surface area contributed by atoms with Gasteiger partial charge in [-0.15, -0.1) is 5.10 Å². The van der Waals surface area contributed by atoms with Crippen molar-refractivity contribution in [3.63, 3.8) is 0 Å². The van der Waals surface area contributed by atoms with Crippen LogP contribution in [0.3, 0.4) is 0 Å². The van der Waals surface area contributed by atoms with Gasteiger partial charge in [-0.05, 0) is 38.7 Å². The molecule has 0 unspecified atom stereocenters. The first kappa shape index (κ1) is 13.9. The number of likely N-dealkylation sites (tertiary alicyclic amines) is 1. The van der Waals surface area contributed by atoms with Gasteiger partial charge in [-0.3, -0.25) is 4.79 Å². The number of piperidine rings is 1. The Morgan fingerprint density at radius 2 is 2.05 bits per heavy atom. The quantitative estimate of drug-likeness (QED) is 0.874. The monoisotopic (exact) mass is 289 g/mol. The summed E-state index contributed by atoms with van der Waals surface area (Å²) >= 11 is 0. The van der Waals surface area contributed by atoms with E-state index in [1.54, 1.807) is 9.42 Å². The van der Waals surface area contributed by atoms with Crippen molar-refractivity contribution in [2.24, 2.45) is 5.92 Å².